The largest absolute Gasteiger partial charge is 0.386 e. The van der Waals surface area contributed by atoms with Gasteiger partial charge in [0.25, 0.3) is 5.91 Å². The van der Waals surface area contributed by atoms with Gasteiger partial charge in [-0.25, -0.2) is 22.3 Å². The molecule has 10 heteroatoms. The van der Waals surface area contributed by atoms with E-state index in [9.17, 15) is 17.8 Å². The topological polar surface area (TPSA) is 110 Å². The van der Waals surface area contributed by atoms with Crippen LogP contribution in [0.3, 0.4) is 0 Å². The fraction of sp³-hybridized carbons (Fsp3) is 0.350. The second-order valence-corrected chi connectivity index (χ2v) is 10.7. The molecule has 0 fully saturated rings. The van der Waals surface area contributed by atoms with E-state index in [1.165, 1.54) is 31.3 Å². The van der Waals surface area contributed by atoms with Crippen LogP contribution < -0.4 is 11.1 Å². The molecule has 3 N–H and O–H groups in total. The van der Waals surface area contributed by atoms with Crippen LogP contribution in [0.4, 0.5) is 14.5 Å². The molecule has 7 nitrogen and oxygen atoms in total. The van der Waals surface area contributed by atoms with Crippen LogP contribution in [-0.2, 0) is 15.3 Å². The predicted molar refractivity (Wildman–Crippen MR) is 113 cm³/mol. The van der Waals surface area contributed by atoms with E-state index in [4.69, 9.17) is 5.73 Å². The summed E-state index contributed by atoms with van der Waals surface area (Å²) in [7, 11) is -1.39. The van der Waals surface area contributed by atoms with Crippen molar-refractivity contribution in [1.29, 1.82) is 0 Å². The van der Waals surface area contributed by atoms with Gasteiger partial charge in [-0.2, -0.15) is 0 Å². The Morgan fingerprint density at radius 1 is 1.23 bits per heavy atom. The van der Waals surface area contributed by atoms with E-state index in [0.29, 0.717) is 0 Å². The lowest BCUT2D eigenvalue weighted by Crippen LogP contribution is -2.54. The van der Waals surface area contributed by atoms with Crippen molar-refractivity contribution in [2.45, 2.75) is 31.1 Å². The van der Waals surface area contributed by atoms with E-state index in [-0.39, 0.29) is 28.5 Å². The van der Waals surface area contributed by atoms with Crippen molar-refractivity contribution in [2.24, 2.45) is 15.1 Å². The highest BCUT2D eigenvalue weighted by molar-refractivity contribution is 7.95. The lowest BCUT2D eigenvalue weighted by atomic mass is 9.92. The Hall–Kier alpha value is -2.88. The Labute approximate surface area is 174 Å². The molecule has 0 aliphatic carbocycles. The molecule has 30 heavy (non-hydrogen) atoms. The molecule has 1 unspecified atom stereocenters. The van der Waals surface area contributed by atoms with Crippen LogP contribution in [0.5, 0.6) is 0 Å². The SMILES string of the molecule is CN=S1(=O)C[C@@](C)(c2cc(NC(=O)c3ccc(F)cn3)ccc2F)N=C(N)C1(C)C. The molecule has 2 heterocycles. The number of halogens is 2. The number of carbonyl (C=O) groups excluding carboxylic acids is 1. The van der Waals surface area contributed by atoms with E-state index in [1.54, 1.807) is 20.8 Å². The van der Waals surface area contributed by atoms with Crippen LogP contribution in [-0.4, -0.2) is 38.5 Å². The van der Waals surface area contributed by atoms with Crippen LogP contribution in [0, 0.1) is 11.6 Å². The maximum absolute atomic E-state index is 14.8. The number of aliphatic imine (C=N–C) groups is 1. The Kier molecular flexibility index (Phi) is 5.40. The van der Waals surface area contributed by atoms with E-state index < -0.39 is 37.6 Å². The highest BCUT2D eigenvalue weighted by Crippen LogP contribution is 2.39. The summed E-state index contributed by atoms with van der Waals surface area (Å²) in [6.45, 7) is 5.03. The number of benzene rings is 1. The van der Waals surface area contributed by atoms with Crippen molar-refractivity contribution in [2.75, 3.05) is 18.1 Å². The molecular weight excluding hydrogens is 412 g/mol. The second kappa shape index (κ2) is 7.42. The van der Waals surface area contributed by atoms with Crippen molar-refractivity contribution in [1.82, 2.24) is 4.98 Å². The second-order valence-electron chi connectivity index (χ2n) is 7.76. The molecule has 1 aliphatic heterocycles. The fourth-order valence-electron chi connectivity index (χ4n) is 3.31. The molecule has 1 aliphatic rings. The molecule has 1 amide bonds. The zero-order chi connectivity index (χ0) is 22.3. The van der Waals surface area contributed by atoms with Crippen LogP contribution >= 0.6 is 0 Å². The van der Waals surface area contributed by atoms with Crippen LogP contribution in [0.2, 0.25) is 0 Å². The van der Waals surface area contributed by atoms with Crippen molar-refractivity contribution in [3.8, 4) is 0 Å². The molecule has 160 valence electrons. The number of aromatic nitrogens is 1. The van der Waals surface area contributed by atoms with Gasteiger partial charge in [-0.05, 0) is 51.1 Å². The smallest absolute Gasteiger partial charge is 0.274 e. The monoisotopic (exact) mass is 435 g/mol. The number of anilines is 1. The number of amides is 1. The lowest BCUT2D eigenvalue weighted by molar-refractivity contribution is 0.102. The summed E-state index contributed by atoms with van der Waals surface area (Å²) in [5.74, 6) is -1.64. The molecule has 2 atom stereocenters. The van der Waals surface area contributed by atoms with E-state index in [1.807, 2.05) is 0 Å². The summed E-state index contributed by atoms with van der Waals surface area (Å²) >= 11 is 0. The van der Waals surface area contributed by atoms with E-state index >= 15 is 0 Å². The molecule has 2 aromatic rings. The number of carbonyl (C=O) groups is 1. The molecule has 0 saturated carbocycles. The predicted octanol–water partition coefficient (Wildman–Crippen LogP) is 3.07. The van der Waals surface area contributed by atoms with Gasteiger partial charge in [0.15, 0.2) is 0 Å². The average Bonchev–Trinajstić information content (AvgIpc) is 2.68. The van der Waals surface area contributed by atoms with E-state index in [2.05, 4.69) is 19.7 Å². The molecule has 0 bridgehead atoms. The Morgan fingerprint density at radius 3 is 2.53 bits per heavy atom. The van der Waals surface area contributed by atoms with Gasteiger partial charge < -0.3 is 11.1 Å². The summed E-state index contributed by atoms with van der Waals surface area (Å²) in [6, 6.07) is 6.34. The summed E-state index contributed by atoms with van der Waals surface area (Å²) in [4.78, 5) is 20.6. The van der Waals surface area contributed by atoms with E-state index in [0.717, 1.165) is 12.3 Å². The van der Waals surface area contributed by atoms with Gasteiger partial charge in [0.05, 0.1) is 21.7 Å². The zero-order valence-corrected chi connectivity index (χ0v) is 17.9. The van der Waals surface area contributed by atoms with Crippen LogP contribution in [0.1, 0.15) is 36.8 Å². The van der Waals surface area contributed by atoms with Crippen molar-refractivity contribution in [3.05, 3.63) is 59.4 Å². The number of amidine groups is 1. The fourth-order valence-corrected chi connectivity index (χ4v) is 5.61. The first kappa shape index (κ1) is 21.8. The molecule has 0 spiro atoms. The van der Waals surface area contributed by atoms with Crippen molar-refractivity contribution < 1.29 is 17.8 Å². The third-order valence-corrected chi connectivity index (χ3v) is 8.66. The third-order valence-electron chi connectivity index (χ3n) is 5.32. The maximum Gasteiger partial charge on any atom is 0.274 e. The number of nitrogens with zero attached hydrogens (tertiary/aromatic N) is 3. The summed E-state index contributed by atoms with van der Waals surface area (Å²) in [5.41, 5.74) is 5.28. The molecule has 0 saturated heterocycles. The Bertz CT molecular complexity index is 1150. The Morgan fingerprint density at radius 2 is 1.93 bits per heavy atom. The van der Waals surface area contributed by atoms with Crippen LogP contribution in [0.15, 0.2) is 45.9 Å². The van der Waals surface area contributed by atoms with Gasteiger partial charge in [0.1, 0.15) is 33.4 Å². The highest BCUT2D eigenvalue weighted by atomic mass is 32.2. The quantitative estimate of drug-likeness (QED) is 0.772. The van der Waals surface area contributed by atoms with Gasteiger partial charge in [-0.1, -0.05) is 0 Å². The number of nitrogens with two attached hydrogens (primary N) is 1. The number of rotatable bonds is 3. The molecule has 0 radical (unpaired) electrons. The summed E-state index contributed by atoms with van der Waals surface area (Å²) in [5, 5.41) is 2.60. The zero-order valence-electron chi connectivity index (χ0n) is 17.1. The first-order chi connectivity index (χ1) is 13.9. The molecular formula is C20H23F2N5O2S. The minimum absolute atomic E-state index is 0.00275. The summed E-state index contributed by atoms with van der Waals surface area (Å²) in [6.07, 6.45) is 0.929. The molecule has 1 aromatic carbocycles. The minimum Gasteiger partial charge on any atom is -0.386 e. The van der Waals surface area contributed by atoms with Crippen molar-refractivity contribution >= 4 is 27.2 Å². The number of nitrogens with one attached hydrogen (secondary N) is 1. The normalized spacial score (nSPS) is 25.3. The van der Waals surface area contributed by atoms with Crippen molar-refractivity contribution in [3.63, 3.8) is 0 Å². The maximum atomic E-state index is 14.8. The first-order valence-electron chi connectivity index (χ1n) is 9.13. The third kappa shape index (κ3) is 3.67. The molecule has 1 aromatic heterocycles. The van der Waals surface area contributed by atoms with Gasteiger partial charge in [0, 0.05) is 18.3 Å². The number of pyridine rings is 1. The van der Waals surface area contributed by atoms with Gasteiger partial charge in [0.2, 0.25) is 0 Å². The van der Waals surface area contributed by atoms with Crippen LogP contribution in [0.25, 0.3) is 0 Å². The molecule has 3 rings (SSSR count). The highest BCUT2D eigenvalue weighted by Gasteiger charge is 2.47. The van der Waals surface area contributed by atoms with Gasteiger partial charge >= 0.3 is 0 Å². The minimum atomic E-state index is -2.84. The standard InChI is InChI=1S/C20H23F2N5O2S/c1-19(2)18(23)27-20(3,11-30(19,29)24-4)14-9-13(6-7-15(14)22)26-17(28)16-8-5-12(21)10-25-16/h5-10H,11H2,1-4H3,(H2,23,27)(H,26,28)/t20-,30?/m0/s1. The average molecular weight is 436 g/mol. The lowest BCUT2D eigenvalue weighted by Gasteiger charge is -2.40. The number of hydrogen-bond acceptors (Lipinski definition) is 6. The Balaban J connectivity index is 2.01. The van der Waals surface area contributed by atoms with Gasteiger partial charge in [-0.15, -0.1) is 0 Å². The summed E-state index contributed by atoms with van der Waals surface area (Å²) < 4.78 is 44.4. The number of hydrogen-bond donors (Lipinski definition) is 2. The first-order valence-corrected chi connectivity index (χ1v) is 10.8. The van der Waals surface area contributed by atoms with Gasteiger partial charge in [-0.3, -0.25) is 9.79 Å².